The average molecular weight is 432 g/mol. The lowest BCUT2D eigenvalue weighted by atomic mass is 10.1. The van der Waals surface area contributed by atoms with E-state index in [9.17, 15) is 18.0 Å². The Morgan fingerprint density at radius 3 is 2.40 bits per heavy atom. The van der Waals surface area contributed by atoms with Gasteiger partial charge in [-0.15, -0.1) is 0 Å². The third kappa shape index (κ3) is 5.37. The van der Waals surface area contributed by atoms with Crippen molar-refractivity contribution in [3.63, 3.8) is 0 Å². The topological polar surface area (TPSA) is 102 Å². The normalized spacial score (nSPS) is 15.3. The van der Waals surface area contributed by atoms with Crippen molar-refractivity contribution in [1.29, 1.82) is 0 Å². The molecule has 0 spiro atoms. The van der Waals surface area contributed by atoms with E-state index in [1.54, 1.807) is 30.0 Å². The summed E-state index contributed by atoms with van der Waals surface area (Å²) in [6.07, 6.45) is -0.696. The Morgan fingerprint density at radius 2 is 1.77 bits per heavy atom. The summed E-state index contributed by atoms with van der Waals surface area (Å²) in [4.78, 5) is 25.6. The number of morpholine rings is 1. The zero-order valence-corrected chi connectivity index (χ0v) is 17.6. The second-order valence-electron chi connectivity index (χ2n) is 6.91. The summed E-state index contributed by atoms with van der Waals surface area (Å²) >= 11 is 0. The fourth-order valence-corrected chi connectivity index (χ4v) is 4.06. The van der Waals surface area contributed by atoms with Crippen LogP contribution in [0, 0.1) is 0 Å². The number of ether oxygens (including phenoxy) is 2. The summed E-state index contributed by atoms with van der Waals surface area (Å²) < 4.78 is 38.6. The van der Waals surface area contributed by atoms with Crippen LogP contribution in [-0.4, -0.2) is 57.4 Å². The fraction of sp³-hybridized carbons (Fsp3) is 0.333. The predicted molar refractivity (Wildman–Crippen MR) is 111 cm³/mol. The van der Waals surface area contributed by atoms with Gasteiger partial charge in [-0.2, -0.15) is 0 Å². The molecule has 1 N–H and O–H groups in total. The number of hydrogen-bond acceptors (Lipinski definition) is 6. The van der Waals surface area contributed by atoms with Gasteiger partial charge in [-0.05, 0) is 50.2 Å². The van der Waals surface area contributed by atoms with Gasteiger partial charge in [0.05, 0.1) is 18.1 Å². The van der Waals surface area contributed by atoms with Gasteiger partial charge in [-0.3, -0.25) is 14.3 Å². The van der Waals surface area contributed by atoms with Crippen molar-refractivity contribution in [2.75, 3.05) is 31.0 Å². The van der Waals surface area contributed by atoms with E-state index in [-0.39, 0.29) is 16.6 Å². The number of sulfonamides is 1. The molecule has 0 aliphatic carbocycles. The van der Waals surface area contributed by atoms with E-state index in [1.165, 1.54) is 37.3 Å². The average Bonchev–Trinajstić information content (AvgIpc) is 2.74. The van der Waals surface area contributed by atoms with E-state index in [0.717, 1.165) is 0 Å². The number of nitrogens with one attached hydrogen (secondary N) is 1. The standard InChI is InChI=1S/C21H24N2O6S/c1-15(24)17-4-3-5-18(14-17)22-30(26,27)20-8-6-19(7-9-20)29-16(2)21(25)23-10-12-28-13-11-23/h3-9,14,16,22H,10-13H2,1-2H3/t16-/m1/s1. The number of ketones is 1. The highest BCUT2D eigenvalue weighted by Crippen LogP contribution is 2.21. The molecule has 1 atom stereocenters. The van der Waals surface area contributed by atoms with Crippen molar-refractivity contribution < 1.29 is 27.5 Å². The monoisotopic (exact) mass is 432 g/mol. The zero-order valence-electron chi connectivity index (χ0n) is 16.8. The van der Waals surface area contributed by atoms with E-state index in [2.05, 4.69) is 4.72 Å². The minimum atomic E-state index is -3.84. The first kappa shape index (κ1) is 21.8. The van der Waals surface area contributed by atoms with Crippen LogP contribution in [0.2, 0.25) is 0 Å². The molecule has 9 heteroatoms. The maximum atomic E-state index is 12.6. The van der Waals surface area contributed by atoms with Crippen molar-refractivity contribution >= 4 is 27.4 Å². The predicted octanol–water partition coefficient (Wildman–Crippen LogP) is 2.32. The number of anilines is 1. The van der Waals surface area contributed by atoms with Crippen molar-refractivity contribution in [2.45, 2.75) is 24.8 Å². The molecule has 8 nitrogen and oxygen atoms in total. The SMILES string of the molecule is CC(=O)c1cccc(NS(=O)(=O)c2ccc(O[C@H](C)C(=O)N3CCOCC3)cc2)c1. The first-order valence-corrected chi connectivity index (χ1v) is 11.0. The highest BCUT2D eigenvalue weighted by Gasteiger charge is 2.24. The van der Waals surface area contributed by atoms with Gasteiger partial charge in [0.15, 0.2) is 11.9 Å². The third-order valence-corrected chi connectivity index (χ3v) is 6.04. The van der Waals surface area contributed by atoms with Crippen LogP contribution < -0.4 is 9.46 Å². The molecule has 1 amide bonds. The third-order valence-electron chi connectivity index (χ3n) is 4.64. The van der Waals surface area contributed by atoms with E-state index in [4.69, 9.17) is 9.47 Å². The van der Waals surface area contributed by atoms with Crippen LogP contribution in [0.5, 0.6) is 5.75 Å². The number of benzene rings is 2. The number of carbonyl (C=O) groups excluding carboxylic acids is 2. The van der Waals surface area contributed by atoms with E-state index >= 15 is 0 Å². The molecule has 0 radical (unpaired) electrons. The maximum Gasteiger partial charge on any atom is 0.263 e. The lowest BCUT2D eigenvalue weighted by molar-refractivity contribution is -0.142. The number of nitrogens with zero attached hydrogens (tertiary/aromatic N) is 1. The summed E-state index contributed by atoms with van der Waals surface area (Å²) in [5, 5.41) is 0. The second kappa shape index (κ2) is 9.27. The van der Waals surface area contributed by atoms with Gasteiger partial charge in [0.25, 0.3) is 15.9 Å². The van der Waals surface area contributed by atoms with Crippen LogP contribution in [0.4, 0.5) is 5.69 Å². The molecule has 1 saturated heterocycles. The molecule has 2 aromatic rings. The lowest BCUT2D eigenvalue weighted by Crippen LogP contribution is -2.46. The van der Waals surface area contributed by atoms with Crippen LogP contribution in [0.25, 0.3) is 0 Å². The number of rotatable bonds is 7. The van der Waals surface area contributed by atoms with Crippen molar-refractivity contribution in [1.82, 2.24) is 4.90 Å². The van der Waals surface area contributed by atoms with Gasteiger partial charge >= 0.3 is 0 Å². The number of carbonyl (C=O) groups is 2. The van der Waals surface area contributed by atoms with Gasteiger partial charge in [0.1, 0.15) is 5.75 Å². The van der Waals surface area contributed by atoms with Gasteiger partial charge in [0.2, 0.25) is 0 Å². The highest BCUT2D eigenvalue weighted by molar-refractivity contribution is 7.92. The van der Waals surface area contributed by atoms with E-state index in [1.807, 2.05) is 0 Å². The van der Waals surface area contributed by atoms with Gasteiger partial charge in [0, 0.05) is 24.3 Å². The maximum absolute atomic E-state index is 12.6. The molecular formula is C21H24N2O6S. The van der Waals surface area contributed by atoms with Gasteiger partial charge < -0.3 is 14.4 Å². The summed E-state index contributed by atoms with van der Waals surface area (Å²) in [6, 6.07) is 12.1. The first-order chi connectivity index (χ1) is 14.3. The lowest BCUT2D eigenvalue weighted by Gasteiger charge is -2.29. The number of amides is 1. The Bertz CT molecular complexity index is 1010. The molecule has 1 aliphatic heterocycles. The Labute approximate surface area is 175 Å². The number of hydrogen-bond donors (Lipinski definition) is 1. The molecular weight excluding hydrogens is 408 g/mol. The van der Waals surface area contributed by atoms with Crippen LogP contribution in [0.15, 0.2) is 53.4 Å². The largest absolute Gasteiger partial charge is 0.481 e. The minimum absolute atomic E-state index is 0.0373. The summed E-state index contributed by atoms with van der Waals surface area (Å²) in [5.41, 5.74) is 0.714. The van der Waals surface area contributed by atoms with Gasteiger partial charge in [-0.1, -0.05) is 12.1 Å². The first-order valence-electron chi connectivity index (χ1n) is 9.53. The highest BCUT2D eigenvalue weighted by atomic mass is 32.2. The van der Waals surface area contributed by atoms with Crippen LogP contribution in [-0.2, 0) is 19.6 Å². The molecule has 1 fully saturated rings. The molecule has 160 valence electrons. The molecule has 30 heavy (non-hydrogen) atoms. The Balaban J connectivity index is 1.66. The molecule has 1 aliphatic rings. The van der Waals surface area contributed by atoms with Crippen LogP contribution >= 0.6 is 0 Å². The smallest absolute Gasteiger partial charge is 0.263 e. The number of Topliss-reactive ketones (excluding diaryl/α,β-unsaturated/α-hetero) is 1. The summed E-state index contributed by atoms with van der Waals surface area (Å²) in [6.45, 7) is 5.14. The van der Waals surface area contributed by atoms with Crippen molar-refractivity contribution in [2.24, 2.45) is 0 Å². The van der Waals surface area contributed by atoms with Crippen molar-refractivity contribution in [3.05, 3.63) is 54.1 Å². The molecule has 1 heterocycles. The zero-order chi connectivity index (χ0) is 21.7. The molecule has 0 saturated carbocycles. The van der Waals surface area contributed by atoms with E-state index < -0.39 is 16.1 Å². The Morgan fingerprint density at radius 1 is 1.10 bits per heavy atom. The minimum Gasteiger partial charge on any atom is -0.481 e. The Kier molecular flexibility index (Phi) is 6.73. The fourth-order valence-electron chi connectivity index (χ4n) is 3.01. The molecule has 0 bridgehead atoms. The molecule has 2 aromatic carbocycles. The van der Waals surface area contributed by atoms with E-state index in [0.29, 0.717) is 43.3 Å². The van der Waals surface area contributed by atoms with Crippen LogP contribution in [0.1, 0.15) is 24.2 Å². The van der Waals surface area contributed by atoms with Crippen LogP contribution in [0.3, 0.4) is 0 Å². The molecule has 0 aromatic heterocycles. The van der Waals surface area contributed by atoms with Gasteiger partial charge in [-0.25, -0.2) is 8.42 Å². The molecule has 0 unspecified atom stereocenters. The molecule has 3 rings (SSSR count). The summed E-state index contributed by atoms with van der Waals surface area (Å²) in [7, 11) is -3.84. The van der Waals surface area contributed by atoms with Crippen molar-refractivity contribution in [3.8, 4) is 5.75 Å². The Hall–Kier alpha value is -2.91. The second-order valence-corrected chi connectivity index (χ2v) is 8.59. The quantitative estimate of drug-likeness (QED) is 0.674. The summed E-state index contributed by atoms with van der Waals surface area (Å²) in [5.74, 6) is 0.0990.